The maximum Gasteiger partial charge on any atom is 0.299 e. The number of amides is 1. The predicted molar refractivity (Wildman–Crippen MR) is 70.6 cm³/mol. The van der Waals surface area contributed by atoms with Crippen molar-refractivity contribution < 1.29 is 18.4 Å². The van der Waals surface area contributed by atoms with Crippen molar-refractivity contribution in [3.8, 4) is 0 Å². The Morgan fingerprint density at radius 1 is 1.21 bits per heavy atom. The smallest absolute Gasteiger partial charge is 0.299 e. The Morgan fingerprint density at radius 2 is 1.79 bits per heavy atom. The third kappa shape index (κ3) is 2.41. The van der Waals surface area contributed by atoms with Gasteiger partial charge in [0, 0.05) is 17.9 Å². The summed E-state index contributed by atoms with van der Waals surface area (Å²) < 4.78 is 26.4. The van der Waals surface area contributed by atoms with Crippen LogP contribution in [0.2, 0.25) is 0 Å². The molecule has 2 rings (SSSR count). The van der Waals surface area contributed by atoms with Crippen LogP contribution in [-0.4, -0.2) is 23.6 Å². The first-order valence-corrected chi connectivity index (χ1v) is 6.80. The van der Waals surface area contributed by atoms with Gasteiger partial charge in [0.05, 0.1) is 11.3 Å². The van der Waals surface area contributed by atoms with Crippen LogP contribution < -0.4 is 4.90 Å². The highest BCUT2D eigenvalue weighted by Gasteiger charge is 2.39. The van der Waals surface area contributed by atoms with Gasteiger partial charge in [0.15, 0.2) is 11.6 Å². The van der Waals surface area contributed by atoms with E-state index in [1.54, 1.807) is 0 Å². The number of fused-ring (bicyclic) bond motifs is 1. The molecule has 102 valence electrons. The van der Waals surface area contributed by atoms with E-state index in [9.17, 15) is 18.4 Å². The molecule has 3 nitrogen and oxygen atoms in total. The molecule has 1 aromatic rings. The zero-order valence-electron chi connectivity index (χ0n) is 10.5. The fraction of sp³-hybridized carbons (Fsp3) is 0.385. The molecule has 0 aliphatic carbocycles. The van der Waals surface area contributed by atoms with Crippen LogP contribution in [0.3, 0.4) is 0 Å². The Bertz CT molecular complexity index is 572. The van der Waals surface area contributed by atoms with E-state index in [1.807, 2.05) is 13.8 Å². The minimum Gasteiger partial charge on any atom is -0.304 e. The summed E-state index contributed by atoms with van der Waals surface area (Å²) in [6, 6.07) is 1.68. The van der Waals surface area contributed by atoms with Gasteiger partial charge in [-0.1, -0.05) is 29.8 Å². The van der Waals surface area contributed by atoms with Crippen LogP contribution in [0, 0.1) is 17.0 Å². The second-order valence-electron chi connectivity index (χ2n) is 5.30. The fourth-order valence-electron chi connectivity index (χ4n) is 1.92. The van der Waals surface area contributed by atoms with Gasteiger partial charge in [-0.05, 0) is 11.5 Å². The molecule has 0 fully saturated rings. The highest BCUT2D eigenvalue weighted by atomic mass is 79.9. The molecule has 0 bridgehead atoms. The lowest BCUT2D eigenvalue weighted by molar-refractivity contribution is -0.114. The van der Waals surface area contributed by atoms with Gasteiger partial charge in [-0.25, -0.2) is 8.78 Å². The van der Waals surface area contributed by atoms with E-state index >= 15 is 0 Å². The number of hydrogen-bond donors (Lipinski definition) is 0. The Kier molecular flexibility index (Phi) is 3.47. The molecular weight excluding hydrogens is 320 g/mol. The molecule has 1 amide bonds. The van der Waals surface area contributed by atoms with E-state index in [4.69, 9.17) is 0 Å². The molecule has 0 atom stereocenters. The quantitative estimate of drug-likeness (QED) is 0.630. The number of Topliss-reactive ketones (excluding diaryl/α,β-unsaturated/α-hetero) is 1. The molecule has 1 aliphatic rings. The highest BCUT2D eigenvalue weighted by molar-refractivity contribution is 9.09. The van der Waals surface area contributed by atoms with Crippen LogP contribution in [0.1, 0.15) is 24.2 Å². The second kappa shape index (κ2) is 4.67. The van der Waals surface area contributed by atoms with Crippen LogP contribution in [0.4, 0.5) is 14.5 Å². The lowest BCUT2D eigenvalue weighted by Crippen LogP contribution is -2.38. The van der Waals surface area contributed by atoms with Crippen LogP contribution >= 0.6 is 15.9 Å². The number of carbonyl (C=O) groups is 2. The minimum absolute atomic E-state index is 0.0747. The summed E-state index contributed by atoms with van der Waals surface area (Å²) in [6.45, 7) is 4.05. The normalized spacial score (nSPS) is 15.1. The van der Waals surface area contributed by atoms with Gasteiger partial charge >= 0.3 is 0 Å². The number of carbonyl (C=O) groups excluding carboxylic acids is 2. The summed E-state index contributed by atoms with van der Waals surface area (Å²) >= 11 is 3.32. The topological polar surface area (TPSA) is 37.4 Å². The number of anilines is 1. The van der Waals surface area contributed by atoms with Crippen LogP contribution in [0.15, 0.2) is 12.1 Å². The van der Waals surface area contributed by atoms with Gasteiger partial charge in [-0.2, -0.15) is 0 Å². The summed E-state index contributed by atoms with van der Waals surface area (Å²) in [5, 5.41) is 0.608. The van der Waals surface area contributed by atoms with Gasteiger partial charge in [0.25, 0.3) is 11.7 Å². The van der Waals surface area contributed by atoms with E-state index in [1.165, 1.54) is 4.90 Å². The molecule has 0 saturated carbocycles. The summed E-state index contributed by atoms with van der Waals surface area (Å²) in [6.07, 6.45) is 0. The van der Waals surface area contributed by atoms with Crippen molar-refractivity contribution in [2.75, 3.05) is 16.8 Å². The van der Waals surface area contributed by atoms with Gasteiger partial charge in [-0.15, -0.1) is 0 Å². The van der Waals surface area contributed by atoms with Crippen molar-refractivity contribution in [1.29, 1.82) is 0 Å². The molecule has 1 aliphatic heterocycles. The second-order valence-corrected chi connectivity index (χ2v) is 5.86. The highest BCUT2D eigenvalue weighted by Crippen LogP contribution is 2.33. The van der Waals surface area contributed by atoms with E-state index in [2.05, 4.69) is 15.9 Å². The van der Waals surface area contributed by atoms with E-state index in [0.717, 1.165) is 12.1 Å². The van der Waals surface area contributed by atoms with Crippen molar-refractivity contribution in [2.45, 2.75) is 13.8 Å². The lowest BCUT2D eigenvalue weighted by Gasteiger charge is -2.28. The van der Waals surface area contributed by atoms with Crippen molar-refractivity contribution in [2.24, 2.45) is 5.41 Å². The molecule has 1 aromatic carbocycles. The van der Waals surface area contributed by atoms with E-state index in [-0.39, 0.29) is 23.2 Å². The number of rotatable bonds is 3. The van der Waals surface area contributed by atoms with Gasteiger partial charge in [-0.3, -0.25) is 9.59 Å². The average molecular weight is 332 g/mol. The molecule has 0 N–H and O–H groups in total. The summed E-state index contributed by atoms with van der Waals surface area (Å²) in [7, 11) is 0. The first-order valence-electron chi connectivity index (χ1n) is 5.68. The van der Waals surface area contributed by atoms with Gasteiger partial charge in [0.1, 0.15) is 0 Å². The Hall–Kier alpha value is -1.30. The molecule has 19 heavy (non-hydrogen) atoms. The third-order valence-electron chi connectivity index (χ3n) is 2.96. The maximum absolute atomic E-state index is 13.3. The van der Waals surface area contributed by atoms with Crippen LogP contribution in [0.5, 0.6) is 0 Å². The summed E-state index contributed by atoms with van der Waals surface area (Å²) in [4.78, 5) is 24.9. The molecule has 0 unspecified atom stereocenters. The van der Waals surface area contributed by atoms with Crippen LogP contribution in [0.25, 0.3) is 0 Å². The van der Waals surface area contributed by atoms with Crippen molar-refractivity contribution in [1.82, 2.24) is 0 Å². The fourth-order valence-corrected chi connectivity index (χ4v) is 2.09. The molecular formula is C13H12BrF2NO2. The number of hydrogen-bond acceptors (Lipinski definition) is 2. The summed E-state index contributed by atoms with van der Waals surface area (Å²) in [5.41, 5.74) is -0.222. The molecule has 0 saturated heterocycles. The number of ketones is 1. The average Bonchev–Trinajstić information content (AvgIpc) is 2.56. The van der Waals surface area contributed by atoms with Crippen molar-refractivity contribution >= 4 is 33.3 Å². The standard InChI is InChI=1S/C13H12BrF2NO2/c1-13(2,5-14)6-17-10-4-9(16)8(15)3-7(10)11(18)12(17)19/h3-4H,5-6H2,1-2H3. The maximum atomic E-state index is 13.3. The number of nitrogens with zero attached hydrogens (tertiary/aromatic N) is 1. The van der Waals surface area contributed by atoms with Crippen molar-refractivity contribution in [3.05, 3.63) is 29.3 Å². The molecule has 6 heteroatoms. The van der Waals surface area contributed by atoms with E-state index in [0.29, 0.717) is 5.33 Å². The van der Waals surface area contributed by atoms with Gasteiger partial charge < -0.3 is 4.90 Å². The molecule has 0 radical (unpaired) electrons. The molecule has 0 spiro atoms. The van der Waals surface area contributed by atoms with Crippen molar-refractivity contribution in [3.63, 3.8) is 0 Å². The Labute approximate surface area is 117 Å². The summed E-state index contributed by atoms with van der Waals surface area (Å²) in [5.74, 6) is -3.72. The number of halogens is 3. The third-order valence-corrected chi connectivity index (χ3v) is 4.48. The van der Waals surface area contributed by atoms with E-state index < -0.39 is 23.3 Å². The van der Waals surface area contributed by atoms with Gasteiger partial charge in [0.2, 0.25) is 0 Å². The minimum atomic E-state index is -1.12. The monoisotopic (exact) mass is 331 g/mol. The zero-order chi connectivity index (χ0) is 14.4. The Balaban J connectivity index is 2.47. The molecule has 1 heterocycles. The predicted octanol–water partition coefficient (Wildman–Crippen LogP) is 2.92. The molecule has 0 aromatic heterocycles. The lowest BCUT2D eigenvalue weighted by atomic mass is 9.96. The first-order chi connectivity index (χ1) is 8.76. The SMILES string of the molecule is CC(C)(CBr)CN1C(=O)C(=O)c2cc(F)c(F)cc21. The number of benzene rings is 1. The Morgan fingerprint density at radius 3 is 2.37 bits per heavy atom. The first kappa shape index (κ1) is 14.1. The van der Waals surface area contributed by atoms with Crippen LogP contribution in [-0.2, 0) is 4.79 Å². The number of alkyl halides is 1. The largest absolute Gasteiger partial charge is 0.304 e. The zero-order valence-corrected chi connectivity index (χ0v) is 12.1.